The third kappa shape index (κ3) is 4.22. The van der Waals surface area contributed by atoms with E-state index in [1.807, 2.05) is 24.3 Å². The number of ether oxygens (including phenoxy) is 1. The summed E-state index contributed by atoms with van der Waals surface area (Å²) in [7, 11) is -2.04. The number of sulfonamides is 1. The van der Waals surface area contributed by atoms with Crippen LogP contribution in [0.3, 0.4) is 0 Å². The molecule has 5 nitrogen and oxygen atoms in total. The number of nitrogens with zero attached hydrogens (tertiary/aromatic N) is 1. The van der Waals surface area contributed by atoms with Gasteiger partial charge in [0, 0.05) is 12.1 Å². The molecule has 0 N–H and O–H groups in total. The Kier molecular flexibility index (Phi) is 5.97. The van der Waals surface area contributed by atoms with E-state index in [1.165, 1.54) is 19.1 Å². The van der Waals surface area contributed by atoms with Crippen LogP contribution in [0.5, 0.6) is 5.75 Å². The predicted molar refractivity (Wildman–Crippen MR) is 105 cm³/mol. The molecular formula is C21H25NO4S. The molecule has 2 aromatic rings. The average molecular weight is 388 g/mol. The Morgan fingerprint density at radius 3 is 2.26 bits per heavy atom. The highest BCUT2D eigenvalue weighted by molar-refractivity contribution is 7.89. The van der Waals surface area contributed by atoms with Crippen LogP contribution >= 0.6 is 0 Å². The second kappa shape index (κ2) is 8.23. The van der Waals surface area contributed by atoms with Crippen molar-refractivity contribution in [1.82, 2.24) is 4.31 Å². The summed E-state index contributed by atoms with van der Waals surface area (Å²) in [4.78, 5) is 11.7. The van der Waals surface area contributed by atoms with Gasteiger partial charge in [-0.2, -0.15) is 4.31 Å². The van der Waals surface area contributed by atoms with Crippen molar-refractivity contribution < 1.29 is 17.9 Å². The normalized spacial score (nSPS) is 18.7. The zero-order chi connectivity index (χ0) is 19.4. The Bertz CT molecular complexity index is 889. The minimum atomic E-state index is -3.65. The smallest absolute Gasteiger partial charge is 0.243 e. The van der Waals surface area contributed by atoms with Crippen molar-refractivity contribution in [3.05, 3.63) is 59.7 Å². The number of Topliss-reactive ketones (excluding diaryl/α,β-unsaturated/α-hetero) is 1. The summed E-state index contributed by atoms with van der Waals surface area (Å²) in [5.74, 6) is 0.673. The Morgan fingerprint density at radius 2 is 1.67 bits per heavy atom. The van der Waals surface area contributed by atoms with Gasteiger partial charge in [-0.1, -0.05) is 37.1 Å². The number of ketones is 1. The molecule has 0 bridgehead atoms. The maximum absolute atomic E-state index is 13.3. The molecule has 0 amide bonds. The van der Waals surface area contributed by atoms with Crippen LogP contribution in [0.25, 0.3) is 0 Å². The first-order valence-electron chi connectivity index (χ1n) is 9.20. The summed E-state index contributed by atoms with van der Waals surface area (Å²) >= 11 is 0. The SMILES string of the molecule is COc1ccc(C2CCCCCN2S(=O)(=O)c2ccc(C(C)=O)cc2)cc1. The first kappa shape index (κ1) is 19.6. The van der Waals surface area contributed by atoms with Crippen LogP contribution in [0.15, 0.2) is 53.4 Å². The van der Waals surface area contributed by atoms with Gasteiger partial charge in [0.05, 0.1) is 18.0 Å². The second-order valence-electron chi connectivity index (χ2n) is 6.83. The van der Waals surface area contributed by atoms with Gasteiger partial charge >= 0.3 is 0 Å². The van der Waals surface area contributed by atoms with Gasteiger partial charge < -0.3 is 4.74 Å². The number of carbonyl (C=O) groups is 1. The number of hydrogen-bond donors (Lipinski definition) is 0. The fourth-order valence-corrected chi connectivity index (χ4v) is 5.21. The highest BCUT2D eigenvalue weighted by Gasteiger charge is 2.33. The third-order valence-corrected chi connectivity index (χ3v) is 6.99. The van der Waals surface area contributed by atoms with Crippen LogP contribution in [-0.4, -0.2) is 32.2 Å². The van der Waals surface area contributed by atoms with E-state index in [-0.39, 0.29) is 16.7 Å². The van der Waals surface area contributed by atoms with Crippen LogP contribution in [0.2, 0.25) is 0 Å². The quantitative estimate of drug-likeness (QED) is 0.721. The molecular weight excluding hydrogens is 362 g/mol. The van der Waals surface area contributed by atoms with Crippen LogP contribution < -0.4 is 4.74 Å². The van der Waals surface area contributed by atoms with E-state index in [2.05, 4.69) is 0 Å². The highest BCUT2D eigenvalue weighted by atomic mass is 32.2. The molecule has 27 heavy (non-hydrogen) atoms. The summed E-state index contributed by atoms with van der Waals surface area (Å²) < 4.78 is 33.5. The molecule has 1 saturated heterocycles. The lowest BCUT2D eigenvalue weighted by Crippen LogP contribution is -2.34. The van der Waals surface area contributed by atoms with E-state index in [9.17, 15) is 13.2 Å². The summed E-state index contributed by atoms with van der Waals surface area (Å²) in [6.07, 6.45) is 3.64. The molecule has 3 rings (SSSR count). The van der Waals surface area contributed by atoms with E-state index in [0.29, 0.717) is 12.1 Å². The number of rotatable bonds is 5. The van der Waals surface area contributed by atoms with Crippen molar-refractivity contribution in [3.8, 4) is 5.75 Å². The van der Waals surface area contributed by atoms with Crippen LogP contribution in [0.4, 0.5) is 0 Å². The van der Waals surface area contributed by atoms with Crippen molar-refractivity contribution in [3.63, 3.8) is 0 Å². The fourth-order valence-electron chi connectivity index (χ4n) is 3.53. The van der Waals surface area contributed by atoms with Crippen molar-refractivity contribution in [2.24, 2.45) is 0 Å². The monoisotopic (exact) mass is 387 g/mol. The Morgan fingerprint density at radius 1 is 1.00 bits per heavy atom. The van der Waals surface area contributed by atoms with Crippen molar-refractivity contribution in [2.45, 2.75) is 43.5 Å². The minimum absolute atomic E-state index is 0.0789. The molecule has 0 spiro atoms. The lowest BCUT2D eigenvalue weighted by Gasteiger charge is -2.29. The Hall–Kier alpha value is -2.18. The molecule has 6 heteroatoms. The molecule has 1 unspecified atom stereocenters. The number of carbonyl (C=O) groups excluding carboxylic acids is 1. The fraction of sp³-hybridized carbons (Fsp3) is 0.381. The van der Waals surface area contributed by atoms with Gasteiger partial charge in [0.2, 0.25) is 10.0 Å². The number of benzene rings is 2. The number of hydrogen-bond acceptors (Lipinski definition) is 4. The molecule has 144 valence electrons. The molecule has 0 radical (unpaired) electrons. The first-order chi connectivity index (χ1) is 12.9. The van der Waals surface area contributed by atoms with Gasteiger partial charge in [0.25, 0.3) is 0 Å². The molecule has 1 aliphatic heterocycles. The van der Waals surface area contributed by atoms with Gasteiger partial charge in [-0.15, -0.1) is 0 Å². The van der Waals surface area contributed by atoms with Crippen LogP contribution in [0.1, 0.15) is 54.6 Å². The molecule has 0 saturated carbocycles. The Labute approximate surface area is 161 Å². The van der Waals surface area contributed by atoms with E-state index >= 15 is 0 Å². The van der Waals surface area contributed by atoms with Gasteiger partial charge in [-0.3, -0.25) is 4.79 Å². The van der Waals surface area contributed by atoms with Crippen LogP contribution in [0, 0.1) is 0 Å². The van der Waals surface area contributed by atoms with Gasteiger partial charge in [0.15, 0.2) is 5.78 Å². The summed E-state index contributed by atoms with van der Waals surface area (Å²) in [5, 5.41) is 0. The minimum Gasteiger partial charge on any atom is -0.497 e. The molecule has 2 aromatic carbocycles. The van der Waals surface area contributed by atoms with E-state index in [4.69, 9.17) is 4.74 Å². The maximum Gasteiger partial charge on any atom is 0.243 e. The van der Waals surface area contributed by atoms with Crippen LogP contribution in [-0.2, 0) is 10.0 Å². The van der Waals surface area contributed by atoms with E-state index < -0.39 is 10.0 Å². The third-order valence-electron chi connectivity index (χ3n) is 5.07. The second-order valence-corrected chi connectivity index (χ2v) is 8.73. The van der Waals surface area contributed by atoms with E-state index in [0.717, 1.165) is 37.0 Å². The van der Waals surface area contributed by atoms with Gasteiger partial charge in [0.1, 0.15) is 5.75 Å². The Balaban J connectivity index is 1.96. The van der Waals surface area contributed by atoms with Crippen molar-refractivity contribution >= 4 is 15.8 Å². The van der Waals surface area contributed by atoms with Crippen molar-refractivity contribution in [2.75, 3.05) is 13.7 Å². The molecule has 1 atom stereocenters. The zero-order valence-electron chi connectivity index (χ0n) is 15.7. The summed E-state index contributed by atoms with van der Waals surface area (Å²) in [5.41, 5.74) is 1.48. The standard InChI is InChI=1S/C21H25NO4S/c1-16(23)17-9-13-20(14-10-17)27(24,25)22-15-5-3-4-6-21(22)18-7-11-19(26-2)12-8-18/h7-14,21H,3-6,15H2,1-2H3. The lowest BCUT2D eigenvalue weighted by atomic mass is 10.0. The van der Waals surface area contributed by atoms with E-state index in [1.54, 1.807) is 23.5 Å². The molecule has 1 aliphatic rings. The van der Waals surface area contributed by atoms with Crippen molar-refractivity contribution in [1.29, 1.82) is 0 Å². The topological polar surface area (TPSA) is 63.7 Å². The molecule has 1 fully saturated rings. The lowest BCUT2D eigenvalue weighted by molar-refractivity contribution is 0.101. The maximum atomic E-state index is 13.3. The first-order valence-corrected chi connectivity index (χ1v) is 10.6. The average Bonchev–Trinajstić information content (AvgIpc) is 2.95. The van der Waals surface area contributed by atoms with Gasteiger partial charge in [-0.25, -0.2) is 8.42 Å². The predicted octanol–water partition coefficient (Wildman–Crippen LogP) is 4.20. The summed E-state index contributed by atoms with van der Waals surface area (Å²) in [6.45, 7) is 1.96. The molecule has 1 heterocycles. The number of methoxy groups -OCH3 is 1. The highest BCUT2D eigenvalue weighted by Crippen LogP contribution is 2.35. The molecule has 0 aliphatic carbocycles. The largest absolute Gasteiger partial charge is 0.497 e. The molecule has 0 aromatic heterocycles. The summed E-state index contributed by atoms with van der Waals surface area (Å²) in [6, 6.07) is 13.6. The van der Waals surface area contributed by atoms with Gasteiger partial charge in [-0.05, 0) is 49.6 Å². The zero-order valence-corrected chi connectivity index (χ0v) is 16.5.